The SMILES string of the molecule is CN(C)c1ccc(Cl)cc1NC(C1CC1)C1CC1. The summed E-state index contributed by atoms with van der Waals surface area (Å²) in [6, 6.07) is 6.80. The van der Waals surface area contributed by atoms with Crippen molar-refractivity contribution in [1.29, 1.82) is 0 Å². The Morgan fingerprint density at radius 2 is 1.78 bits per heavy atom. The molecule has 1 aromatic rings. The third kappa shape index (κ3) is 2.59. The number of halogens is 1. The number of benzene rings is 1. The minimum atomic E-state index is 0.669. The maximum Gasteiger partial charge on any atom is 0.0597 e. The number of rotatable bonds is 5. The van der Waals surface area contributed by atoms with E-state index in [4.69, 9.17) is 11.6 Å². The largest absolute Gasteiger partial charge is 0.380 e. The van der Waals surface area contributed by atoms with Crippen molar-refractivity contribution in [3.63, 3.8) is 0 Å². The van der Waals surface area contributed by atoms with E-state index in [9.17, 15) is 0 Å². The molecule has 1 N–H and O–H groups in total. The normalized spacial score (nSPS) is 19.1. The second-order valence-electron chi connectivity index (χ2n) is 5.90. The average Bonchev–Trinajstić information content (AvgIpc) is 3.17. The molecule has 98 valence electrons. The van der Waals surface area contributed by atoms with E-state index in [0.717, 1.165) is 16.9 Å². The Kier molecular flexibility index (Phi) is 3.14. The van der Waals surface area contributed by atoms with Crippen LogP contribution in [0.5, 0.6) is 0 Å². The van der Waals surface area contributed by atoms with Gasteiger partial charge in [0.1, 0.15) is 0 Å². The summed E-state index contributed by atoms with van der Waals surface area (Å²) in [6.45, 7) is 0. The van der Waals surface area contributed by atoms with Crippen molar-refractivity contribution in [2.24, 2.45) is 11.8 Å². The van der Waals surface area contributed by atoms with Crippen LogP contribution in [0.1, 0.15) is 25.7 Å². The van der Waals surface area contributed by atoms with E-state index in [-0.39, 0.29) is 0 Å². The van der Waals surface area contributed by atoms with Crippen LogP contribution in [0.4, 0.5) is 11.4 Å². The first kappa shape index (κ1) is 12.2. The number of nitrogens with one attached hydrogen (secondary N) is 1. The molecule has 0 aromatic heterocycles. The Morgan fingerprint density at radius 3 is 2.28 bits per heavy atom. The van der Waals surface area contributed by atoms with Gasteiger partial charge in [-0.2, -0.15) is 0 Å². The summed E-state index contributed by atoms with van der Waals surface area (Å²) in [7, 11) is 4.16. The fourth-order valence-corrected chi connectivity index (χ4v) is 2.90. The monoisotopic (exact) mass is 264 g/mol. The molecule has 0 atom stereocenters. The average molecular weight is 265 g/mol. The van der Waals surface area contributed by atoms with Crippen molar-refractivity contribution in [2.75, 3.05) is 24.3 Å². The Labute approximate surface area is 114 Å². The second kappa shape index (κ2) is 4.65. The van der Waals surface area contributed by atoms with Gasteiger partial charge in [-0.05, 0) is 55.7 Å². The third-order valence-corrected chi connectivity index (χ3v) is 4.26. The topological polar surface area (TPSA) is 15.3 Å². The fourth-order valence-electron chi connectivity index (χ4n) is 2.72. The van der Waals surface area contributed by atoms with Crippen LogP contribution in [-0.4, -0.2) is 20.1 Å². The summed E-state index contributed by atoms with van der Waals surface area (Å²) in [5.41, 5.74) is 2.42. The van der Waals surface area contributed by atoms with Gasteiger partial charge in [-0.25, -0.2) is 0 Å². The second-order valence-corrected chi connectivity index (χ2v) is 6.34. The maximum absolute atomic E-state index is 6.14. The smallest absolute Gasteiger partial charge is 0.0597 e. The summed E-state index contributed by atoms with van der Waals surface area (Å²) in [5.74, 6) is 1.79. The molecule has 18 heavy (non-hydrogen) atoms. The lowest BCUT2D eigenvalue weighted by molar-refractivity contribution is 0.568. The first-order valence-corrected chi connectivity index (χ1v) is 7.26. The van der Waals surface area contributed by atoms with Crippen molar-refractivity contribution >= 4 is 23.0 Å². The van der Waals surface area contributed by atoms with Gasteiger partial charge in [0.05, 0.1) is 11.4 Å². The summed E-state index contributed by atoms with van der Waals surface area (Å²) in [6.07, 6.45) is 5.58. The minimum Gasteiger partial charge on any atom is -0.380 e. The molecule has 3 heteroatoms. The number of nitrogens with zero attached hydrogens (tertiary/aromatic N) is 1. The molecule has 2 fully saturated rings. The highest BCUT2D eigenvalue weighted by atomic mass is 35.5. The lowest BCUT2D eigenvalue weighted by Crippen LogP contribution is -2.25. The lowest BCUT2D eigenvalue weighted by atomic mass is 10.1. The van der Waals surface area contributed by atoms with Gasteiger partial charge in [0.2, 0.25) is 0 Å². The molecule has 2 aliphatic rings. The molecule has 3 rings (SSSR count). The zero-order chi connectivity index (χ0) is 12.7. The van der Waals surface area contributed by atoms with Crippen molar-refractivity contribution in [2.45, 2.75) is 31.7 Å². The van der Waals surface area contributed by atoms with Gasteiger partial charge in [0, 0.05) is 25.2 Å². The molecule has 2 aliphatic carbocycles. The Hall–Kier alpha value is -0.890. The standard InChI is InChI=1S/C15H21ClN2/c1-18(2)14-8-7-12(16)9-13(14)17-15(10-3-4-10)11-5-6-11/h7-11,15,17H,3-6H2,1-2H3. The summed E-state index contributed by atoms with van der Waals surface area (Å²) in [5, 5.41) is 4.58. The predicted octanol–water partition coefficient (Wildman–Crippen LogP) is 4.01. The van der Waals surface area contributed by atoms with Crippen molar-refractivity contribution in [3.8, 4) is 0 Å². The quantitative estimate of drug-likeness (QED) is 0.865. The number of hydrogen-bond acceptors (Lipinski definition) is 2. The number of anilines is 2. The van der Waals surface area contributed by atoms with Gasteiger partial charge >= 0.3 is 0 Å². The van der Waals surface area contributed by atoms with E-state index in [1.54, 1.807) is 0 Å². The van der Waals surface area contributed by atoms with Gasteiger partial charge in [-0.15, -0.1) is 0 Å². The first-order valence-electron chi connectivity index (χ1n) is 6.88. The lowest BCUT2D eigenvalue weighted by Gasteiger charge is -2.24. The molecule has 2 saturated carbocycles. The van der Waals surface area contributed by atoms with Crippen LogP contribution in [0, 0.1) is 11.8 Å². The summed E-state index contributed by atoms with van der Waals surface area (Å²) in [4.78, 5) is 2.15. The van der Waals surface area contributed by atoms with Crippen molar-refractivity contribution in [1.82, 2.24) is 0 Å². The summed E-state index contributed by atoms with van der Waals surface area (Å²) >= 11 is 6.14. The molecular formula is C15H21ClN2. The van der Waals surface area contributed by atoms with E-state index in [2.05, 4.69) is 36.4 Å². The Bertz CT molecular complexity index is 424. The van der Waals surface area contributed by atoms with Crippen LogP contribution in [-0.2, 0) is 0 Å². The highest BCUT2D eigenvalue weighted by Crippen LogP contribution is 2.46. The molecule has 0 heterocycles. The molecule has 0 unspecified atom stereocenters. The third-order valence-electron chi connectivity index (χ3n) is 4.02. The molecule has 2 nitrogen and oxygen atoms in total. The van der Waals surface area contributed by atoms with Gasteiger partial charge in [-0.1, -0.05) is 11.6 Å². The molecule has 0 amide bonds. The molecule has 0 saturated heterocycles. The van der Waals surface area contributed by atoms with E-state index in [0.29, 0.717) is 6.04 Å². The van der Waals surface area contributed by atoms with Crippen LogP contribution >= 0.6 is 11.6 Å². The predicted molar refractivity (Wildman–Crippen MR) is 78.6 cm³/mol. The fraction of sp³-hybridized carbons (Fsp3) is 0.600. The van der Waals surface area contributed by atoms with Crippen LogP contribution in [0.15, 0.2) is 18.2 Å². The Morgan fingerprint density at radius 1 is 1.17 bits per heavy atom. The van der Waals surface area contributed by atoms with Crippen LogP contribution in [0.3, 0.4) is 0 Å². The van der Waals surface area contributed by atoms with E-state index < -0.39 is 0 Å². The maximum atomic E-state index is 6.14. The zero-order valence-corrected chi connectivity index (χ0v) is 11.9. The molecule has 0 radical (unpaired) electrons. The van der Waals surface area contributed by atoms with Gasteiger partial charge in [0.25, 0.3) is 0 Å². The van der Waals surface area contributed by atoms with Gasteiger partial charge in [0.15, 0.2) is 0 Å². The minimum absolute atomic E-state index is 0.669. The summed E-state index contributed by atoms with van der Waals surface area (Å²) < 4.78 is 0. The van der Waals surface area contributed by atoms with Crippen molar-refractivity contribution in [3.05, 3.63) is 23.2 Å². The Balaban J connectivity index is 1.83. The molecule has 0 bridgehead atoms. The van der Waals surface area contributed by atoms with Crippen LogP contribution in [0.25, 0.3) is 0 Å². The zero-order valence-electron chi connectivity index (χ0n) is 11.1. The van der Waals surface area contributed by atoms with Crippen LogP contribution in [0.2, 0.25) is 5.02 Å². The molecular weight excluding hydrogens is 244 g/mol. The van der Waals surface area contributed by atoms with Gasteiger partial charge in [-0.3, -0.25) is 0 Å². The van der Waals surface area contributed by atoms with Crippen LogP contribution < -0.4 is 10.2 Å². The van der Waals surface area contributed by atoms with E-state index in [1.165, 1.54) is 37.1 Å². The number of hydrogen-bond donors (Lipinski definition) is 1. The molecule has 0 spiro atoms. The van der Waals surface area contributed by atoms with E-state index >= 15 is 0 Å². The van der Waals surface area contributed by atoms with Crippen molar-refractivity contribution < 1.29 is 0 Å². The highest BCUT2D eigenvalue weighted by molar-refractivity contribution is 6.31. The first-order chi connectivity index (χ1) is 8.65. The highest BCUT2D eigenvalue weighted by Gasteiger charge is 2.41. The van der Waals surface area contributed by atoms with E-state index in [1.807, 2.05) is 6.07 Å². The molecule has 1 aromatic carbocycles. The van der Waals surface area contributed by atoms with Gasteiger partial charge < -0.3 is 10.2 Å². The molecule has 0 aliphatic heterocycles.